The molecule has 2 atom stereocenters. The summed E-state index contributed by atoms with van der Waals surface area (Å²) in [6.45, 7) is 5.12. The normalized spacial score (nSPS) is 24.4. The van der Waals surface area contributed by atoms with Gasteiger partial charge in [0.05, 0.1) is 6.04 Å². The molecule has 1 heterocycles. The molecule has 1 aliphatic rings. The van der Waals surface area contributed by atoms with Crippen LogP contribution in [0.15, 0.2) is 30.3 Å². The summed E-state index contributed by atoms with van der Waals surface area (Å²) in [5, 5.41) is 0. The molecule has 0 N–H and O–H groups in total. The maximum atomic E-state index is 12.1. The first-order chi connectivity index (χ1) is 8.24. The van der Waals surface area contributed by atoms with Gasteiger partial charge in [-0.15, -0.1) is 0 Å². The Kier molecular flexibility index (Phi) is 3.82. The molecule has 2 heteroatoms. The Balaban J connectivity index is 2.17. The van der Waals surface area contributed by atoms with Crippen LogP contribution >= 0.6 is 0 Å². The van der Waals surface area contributed by atoms with Gasteiger partial charge in [0.15, 0.2) is 0 Å². The van der Waals surface area contributed by atoms with E-state index in [1.54, 1.807) is 0 Å². The predicted molar refractivity (Wildman–Crippen MR) is 69.6 cm³/mol. The SMILES string of the molecule is CCCCN1C(=O)[C@H](C)C[C@H]1c1ccccc1. The fourth-order valence-corrected chi connectivity index (χ4v) is 2.59. The van der Waals surface area contributed by atoms with Crippen molar-refractivity contribution in [1.82, 2.24) is 4.90 Å². The smallest absolute Gasteiger partial charge is 0.226 e. The monoisotopic (exact) mass is 231 g/mol. The molecule has 1 saturated heterocycles. The zero-order chi connectivity index (χ0) is 12.3. The van der Waals surface area contributed by atoms with Crippen LogP contribution in [0.2, 0.25) is 0 Å². The van der Waals surface area contributed by atoms with E-state index in [0.717, 1.165) is 25.8 Å². The molecule has 1 fully saturated rings. The van der Waals surface area contributed by atoms with E-state index in [1.165, 1.54) is 5.56 Å². The quantitative estimate of drug-likeness (QED) is 0.777. The highest BCUT2D eigenvalue weighted by molar-refractivity contribution is 5.81. The zero-order valence-electron chi connectivity index (χ0n) is 10.7. The number of hydrogen-bond donors (Lipinski definition) is 0. The van der Waals surface area contributed by atoms with Crippen molar-refractivity contribution in [2.75, 3.05) is 6.54 Å². The summed E-state index contributed by atoms with van der Waals surface area (Å²) < 4.78 is 0. The lowest BCUT2D eigenvalue weighted by Crippen LogP contribution is -2.30. The third kappa shape index (κ3) is 2.51. The van der Waals surface area contributed by atoms with Gasteiger partial charge in [0.25, 0.3) is 0 Å². The molecule has 0 radical (unpaired) electrons. The first-order valence-corrected chi connectivity index (χ1v) is 6.59. The summed E-state index contributed by atoms with van der Waals surface area (Å²) in [4.78, 5) is 14.2. The summed E-state index contributed by atoms with van der Waals surface area (Å²) in [5.41, 5.74) is 1.28. The van der Waals surface area contributed by atoms with Crippen molar-refractivity contribution >= 4 is 5.91 Å². The number of unbranched alkanes of at least 4 members (excludes halogenated alkanes) is 1. The van der Waals surface area contributed by atoms with Gasteiger partial charge in [-0.2, -0.15) is 0 Å². The number of amides is 1. The van der Waals surface area contributed by atoms with Gasteiger partial charge in [0, 0.05) is 12.5 Å². The number of nitrogens with zero attached hydrogens (tertiary/aromatic N) is 1. The Hall–Kier alpha value is -1.31. The second-order valence-electron chi connectivity index (χ2n) is 4.95. The highest BCUT2D eigenvalue weighted by atomic mass is 16.2. The van der Waals surface area contributed by atoms with Crippen molar-refractivity contribution in [3.8, 4) is 0 Å². The van der Waals surface area contributed by atoms with Crippen molar-refractivity contribution in [2.45, 2.75) is 39.2 Å². The highest BCUT2D eigenvalue weighted by Crippen LogP contribution is 2.36. The van der Waals surface area contributed by atoms with Gasteiger partial charge in [-0.1, -0.05) is 50.6 Å². The first kappa shape index (κ1) is 12.2. The van der Waals surface area contributed by atoms with Crippen LogP contribution in [0.5, 0.6) is 0 Å². The second-order valence-corrected chi connectivity index (χ2v) is 4.95. The van der Waals surface area contributed by atoms with Crippen LogP contribution in [0.4, 0.5) is 0 Å². The van der Waals surface area contributed by atoms with E-state index >= 15 is 0 Å². The van der Waals surface area contributed by atoms with E-state index in [0.29, 0.717) is 11.9 Å². The molecule has 0 unspecified atom stereocenters. The maximum absolute atomic E-state index is 12.1. The lowest BCUT2D eigenvalue weighted by atomic mass is 10.0. The summed E-state index contributed by atoms with van der Waals surface area (Å²) in [6, 6.07) is 10.7. The Bertz CT molecular complexity index is 374. The molecule has 92 valence electrons. The van der Waals surface area contributed by atoms with Gasteiger partial charge in [-0.05, 0) is 18.4 Å². The van der Waals surface area contributed by atoms with Crippen molar-refractivity contribution in [1.29, 1.82) is 0 Å². The standard InChI is InChI=1S/C15H21NO/c1-3-4-10-16-14(11-12(2)15(16)17)13-8-6-5-7-9-13/h5-9,12,14H,3-4,10-11H2,1-2H3/t12-,14+/m1/s1. The summed E-state index contributed by atoms with van der Waals surface area (Å²) in [6.07, 6.45) is 3.20. The minimum absolute atomic E-state index is 0.178. The molecule has 0 aromatic heterocycles. The van der Waals surface area contributed by atoms with Gasteiger partial charge < -0.3 is 4.90 Å². The van der Waals surface area contributed by atoms with Crippen molar-refractivity contribution in [3.63, 3.8) is 0 Å². The molecule has 1 aliphatic heterocycles. The molecular weight excluding hydrogens is 210 g/mol. The summed E-state index contributed by atoms with van der Waals surface area (Å²) in [5.74, 6) is 0.504. The van der Waals surface area contributed by atoms with Crippen molar-refractivity contribution in [2.24, 2.45) is 5.92 Å². The first-order valence-electron chi connectivity index (χ1n) is 6.59. The predicted octanol–water partition coefficient (Wildman–Crippen LogP) is 3.40. The lowest BCUT2D eigenvalue weighted by Gasteiger charge is -2.25. The topological polar surface area (TPSA) is 20.3 Å². The number of rotatable bonds is 4. The van der Waals surface area contributed by atoms with E-state index in [-0.39, 0.29) is 5.92 Å². The van der Waals surface area contributed by atoms with Crippen LogP contribution in [0.1, 0.15) is 44.7 Å². The molecule has 17 heavy (non-hydrogen) atoms. The summed E-state index contributed by atoms with van der Waals surface area (Å²) in [7, 11) is 0. The van der Waals surface area contributed by atoms with E-state index in [9.17, 15) is 4.79 Å². The molecule has 1 aromatic rings. The van der Waals surface area contributed by atoms with Crippen molar-refractivity contribution < 1.29 is 4.79 Å². The van der Waals surface area contributed by atoms with Gasteiger partial charge in [-0.25, -0.2) is 0 Å². The van der Waals surface area contributed by atoms with Crippen LogP contribution in [0.25, 0.3) is 0 Å². The Morgan fingerprint density at radius 1 is 1.29 bits per heavy atom. The number of likely N-dealkylation sites (tertiary alicyclic amines) is 1. The molecule has 0 bridgehead atoms. The van der Waals surface area contributed by atoms with E-state index < -0.39 is 0 Å². The number of hydrogen-bond acceptors (Lipinski definition) is 1. The molecule has 2 rings (SSSR count). The molecule has 2 nitrogen and oxygen atoms in total. The van der Waals surface area contributed by atoms with Gasteiger partial charge in [-0.3, -0.25) is 4.79 Å². The average molecular weight is 231 g/mol. The second kappa shape index (κ2) is 5.35. The maximum Gasteiger partial charge on any atom is 0.226 e. The van der Waals surface area contributed by atoms with Crippen molar-refractivity contribution in [3.05, 3.63) is 35.9 Å². The molecule has 0 spiro atoms. The Morgan fingerprint density at radius 3 is 2.65 bits per heavy atom. The molecule has 0 saturated carbocycles. The fraction of sp³-hybridized carbons (Fsp3) is 0.533. The Morgan fingerprint density at radius 2 is 2.00 bits per heavy atom. The van der Waals surface area contributed by atoms with E-state index in [4.69, 9.17) is 0 Å². The van der Waals surface area contributed by atoms with Gasteiger partial charge in [0.2, 0.25) is 5.91 Å². The van der Waals surface area contributed by atoms with Crippen LogP contribution in [-0.4, -0.2) is 17.4 Å². The molecule has 0 aliphatic carbocycles. The molecular formula is C15H21NO. The zero-order valence-corrected chi connectivity index (χ0v) is 10.7. The van der Waals surface area contributed by atoms with E-state index in [2.05, 4.69) is 36.1 Å². The fourth-order valence-electron chi connectivity index (χ4n) is 2.59. The van der Waals surface area contributed by atoms with Crippen LogP contribution in [0.3, 0.4) is 0 Å². The van der Waals surface area contributed by atoms with Gasteiger partial charge >= 0.3 is 0 Å². The minimum atomic E-state index is 0.178. The third-order valence-electron chi connectivity index (χ3n) is 3.59. The number of carbonyl (C=O) groups is 1. The average Bonchev–Trinajstić information content (AvgIpc) is 2.65. The molecule has 1 amide bonds. The minimum Gasteiger partial charge on any atom is -0.335 e. The number of carbonyl (C=O) groups excluding carboxylic acids is 1. The van der Waals surface area contributed by atoms with Crippen LogP contribution in [0, 0.1) is 5.92 Å². The molecule has 1 aromatic carbocycles. The van der Waals surface area contributed by atoms with Gasteiger partial charge in [0.1, 0.15) is 0 Å². The number of benzene rings is 1. The van der Waals surface area contributed by atoms with Crippen LogP contribution in [-0.2, 0) is 4.79 Å². The highest BCUT2D eigenvalue weighted by Gasteiger charge is 2.36. The largest absolute Gasteiger partial charge is 0.335 e. The van der Waals surface area contributed by atoms with E-state index in [1.807, 2.05) is 13.0 Å². The Labute approximate surface area is 104 Å². The summed E-state index contributed by atoms with van der Waals surface area (Å²) >= 11 is 0. The van der Waals surface area contributed by atoms with Crippen LogP contribution < -0.4 is 0 Å². The third-order valence-corrected chi connectivity index (χ3v) is 3.59. The lowest BCUT2D eigenvalue weighted by molar-refractivity contribution is -0.131.